The number of carbonyl (C=O) groups excluding carboxylic acids is 2. The minimum absolute atomic E-state index is 0.416. The Bertz CT molecular complexity index is 642. The van der Waals surface area contributed by atoms with Crippen LogP contribution in [0.2, 0.25) is 0 Å². The van der Waals surface area contributed by atoms with Crippen molar-refractivity contribution < 1.29 is 9.59 Å². The number of ketones is 2. The Hall–Kier alpha value is -2.22. The third-order valence-corrected chi connectivity index (χ3v) is 3.60. The van der Waals surface area contributed by atoms with Crippen LogP contribution in [0.3, 0.4) is 0 Å². The molecule has 0 heterocycles. The van der Waals surface area contributed by atoms with Gasteiger partial charge in [0.15, 0.2) is 0 Å². The lowest BCUT2D eigenvalue weighted by molar-refractivity contribution is 0.0817. The quantitative estimate of drug-likeness (QED) is 0.619. The molecule has 1 aliphatic carbocycles. The van der Waals surface area contributed by atoms with Gasteiger partial charge in [0.2, 0.25) is 11.6 Å². The van der Waals surface area contributed by atoms with E-state index in [1.807, 2.05) is 18.2 Å². The first-order valence-electron chi connectivity index (χ1n) is 6.51. The highest BCUT2D eigenvalue weighted by Crippen LogP contribution is 2.23. The highest BCUT2D eigenvalue weighted by atomic mass is 16.2. The Labute approximate surface area is 112 Å². The first kappa shape index (κ1) is 11.8. The number of aryl methyl sites for hydroxylation is 2. The molecule has 0 aliphatic heterocycles. The third kappa shape index (κ3) is 2.22. The molecule has 0 unspecified atom stereocenters. The van der Waals surface area contributed by atoms with Gasteiger partial charge in [-0.05, 0) is 36.5 Å². The van der Waals surface area contributed by atoms with Crippen LogP contribution in [0.4, 0.5) is 0 Å². The van der Waals surface area contributed by atoms with Gasteiger partial charge in [0.05, 0.1) is 0 Å². The summed E-state index contributed by atoms with van der Waals surface area (Å²) in [4.78, 5) is 24.3. The van der Waals surface area contributed by atoms with E-state index in [9.17, 15) is 9.59 Å². The summed E-state index contributed by atoms with van der Waals surface area (Å²) >= 11 is 0. The maximum Gasteiger partial charge on any atom is 0.233 e. The fourth-order valence-electron chi connectivity index (χ4n) is 2.56. The standard InChI is InChI=1S/C17H14O2/c18-16(13-5-2-1-3-6-13)17(19)15-10-9-12-7-4-8-14(12)11-15/h1-3,5-6,9-11H,4,7-8H2. The summed E-state index contributed by atoms with van der Waals surface area (Å²) < 4.78 is 0. The molecule has 2 aromatic carbocycles. The summed E-state index contributed by atoms with van der Waals surface area (Å²) in [6.45, 7) is 0. The number of benzene rings is 2. The molecule has 0 radical (unpaired) electrons. The second kappa shape index (κ2) is 4.81. The van der Waals surface area contributed by atoms with Crippen LogP contribution < -0.4 is 0 Å². The average Bonchev–Trinajstić information content (AvgIpc) is 2.94. The van der Waals surface area contributed by atoms with E-state index in [0.29, 0.717) is 11.1 Å². The zero-order chi connectivity index (χ0) is 13.2. The van der Waals surface area contributed by atoms with Gasteiger partial charge in [-0.25, -0.2) is 0 Å². The van der Waals surface area contributed by atoms with Crippen LogP contribution >= 0.6 is 0 Å². The number of fused-ring (bicyclic) bond motifs is 1. The van der Waals surface area contributed by atoms with Gasteiger partial charge in [-0.15, -0.1) is 0 Å². The minimum atomic E-state index is -0.432. The largest absolute Gasteiger partial charge is 0.285 e. The highest BCUT2D eigenvalue weighted by Gasteiger charge is 2.20. The molecule has 0 amide bonds. The lowest BCUT2D eigenvalue weighted by atomic mass is 9.98. The minimum Gasteiger partial charge on any atom is -0.285 e. The molecule has 1 aliphatic rings. The van der Waals surface area contributed by atoms with E-state index >= 15 is 0 Å². The van der Waals surface area contributed by atoms with Gasteiger partial charge >= 0.3 is 0 Å². The first-order chi connectivity index (χ1) is 9.25. The second-order valence-electron chi connectivity index (χ2n) is 4.86. The molecule has 94 valence electrons. The van der Waals surface area contributed by atoms with E-state index in [0.717, 1.165) is 19.3 Å². The maximum absolute atomic E-state index is 12.2. The van der Waals surface area contributed by atoms with Crippen molar-refractivity contribution in [2.24, 2.45) is 0 Å². The van der Waals surface area contributed by atoms with Gasteiger partial charge in [0, 0.05) is 11.1 Å². The predicted molar refractivity (Wildman–Crippen MR) is 73.6 cm³/mol. The van der Waals surface area contributed by atoms with Crippen LogP contribution in [0.1, 0.15) is 38.3 Å². The summed E-state index contributed by atoms with van der Waals surface area (Å²) in [5, 5.41) is 0. The zero-order valence-electron chi connectivity index (χ0n) is 10.6. The Morgan fingerprint density at radius 2 is 1.42 bits per heavy atom. The van der Waals surface area contributed by atoms with Crippen LogP contribution in [0, 0.1) is 0 Å². The number of carbonyl (C=O) groups is 2. The Balaban J connectivity index is 1.90. The van der Waals surface area contributed by atoms with Crippen molar-refractivity contribution in [2.45, 2.75) is 19.3 Å². The summed E-state index contributed by atoms with van der Waals surface area (Å²) in [7, 11) is 0. The fourth-order valence-corrected chi connectivity index (χ4v) is 2.56. The van der Waals surface area contributed by atoms with Crippen LogP contribution in [-0.2, 0) is 12.8 Å². The first-order valence-corrected chi connectivity index (χ1v) is 6.51. The summed E-state index contributed by atoms with van der Waals surface area (Å²) in [5.74, 6) is -0.848. The third-order valence-electron chi connectivity index (χ3n) is 3.60. The van der Waals surface area contributed by atoms with Gasteiger partial charge < -0.3 is 0 Å². The molecule has 0 atom stereocenters. The maximum atomic E-state index is 12.2. The molecule has 0 saturated carbocycles. The smallest absolute Gasteiger partial charge is 0.233 e. The summed E-state index contributed by atoms with van der Waals surface area (Å²) in [6.07, 6.45) is 3.23. The molecular formula is C17H14O2. The van der Waals surface area contributed by atoms with E-state index in [1.54, 1.807) is 30.3 Å². The Kier molecular flexibility index (Phi) is 3.00. The lowest BCUT2D eigenvalue weighted by Gasteiger charge is -2.04. The predicted octanol–water partition coefficient (Wildman–Crippen LogP) is 3.24. The van der Waals surface area contributed by atoms with Crippen molar-refractivity contribution in [3.63, 3.8) is 0 Å². The molecule has 0 N–H and O–H groups in total. The van der Waals surface area contributed by atoms with Gasteiger partial charge in [0.25, 0.3) is 0 Å². The molecule has 0 fully saturated rings. The topological polar surface area (TPSA) is 34.1 Å². The number of rotatable bonds is 3. The molecular weight excluding hydrogens is 236 g/mol. The van der Waals surface area contributed by atoms with Crippen LogP contribution in [-0.4, -0.2) is 11.6 Å². The number of hydrogen-bond donors (Lipinski definition) is 0. The molecule has 3 rings (SSSR count). The van der Waals surface area contributed by atoms with Crippen LogP contribution in [0.5, 0.6) is 0 Å². The Morgan fingerprint density at radius 1 is 0.737 bits per heavy atom. The normalized spacial score (nSPS) is 13.1. The fraction of sp³-hybridized carbons (Fsp3) is 0.176. The average molecular weight is 250 g/mol. The van der Waals surface area contributed by atoms with E-state index < -0.39 is 11.6 Å². The van der Waals surface area contributed by atoms with E-state index in [2.05, 4.69) is 0 Å². The van der Waals surface area contributed by atoms with Gasteiger partial charge in [-0.2, -0.15) is 0 Å². The molecule has 19 heavy (non-hydrogen) atoms. The van der Waals surface area contributed by atoms with Crippen LogP contribution in [0.25, 0.3) is 0 Å². The number of hydrogen-bond acceptors (Lipinski definition) is 2. The molecule has 0 bridgehead atoms. The monoisotopic (exact) mass is 250 g/mol. The van der Waals surface area contributed by atoms with Crippen LogP contribution in [0.15, 0.2) is 48.5 Å². The van der Waals surface area contributed by atoms with E-state index in [-0.39, 0.29) is 0 Å². The van der Waals surface area contributed by atoms with E-state index in [1.165, 1.54) is 11.1 Å². The zero-order valence-corrected chi connectivity index (χ0v) is 10.6. The van der Waals surface area contributed by atoms with Crippen molar-refractivity contribution in [2.75, 3.05) is 0 Å². The molecule has 2 heteroatoms. The van der Waals surface area contributed by atoms with Gasteiger partial charge in [0.1, 0.15) is 0 Å². The molecule has 2 nitrogen and oxygen atoms in total. The van der Waals surface area contributed by atoms with Crippen molar-refractivity contribution in [1.82, 2.24) is 0 Å². The Morgan fingerprint density at radius 3 is 2.21 bits per heavy atom. The summed E-state index contributed by atoms with van der Waals surface area (Å²) in [6, 6.07) is 14.3. The number of Topliss-reactive ketones (excluding diaryl/α,β-unsaturated/α-hetero) is 2. The lowest BCUT2D eigenvalue weighted by Crippen LogP contribution is -2.14. The molecule has 2 aromatic rings. The molecule has 0 saturated heterocycles. The van der Waals surface area contributed by atoms with Crippen molar-refractivity contribution >= 4 is 11.6 Å². The second-order valence-corrected chi connectivity index (χ2v) is 4.86. The van der Waals surface area contributed by atoms with Crippen molar-refractivity contribution in [1.29, 1.82) is 0 Å². The van der Waals surface area contributed by atoms with E-state index in [4.69, 9.17) is 0 Å². The van der Waals surface area contributed by atoms with Crippen molar-refractivity contribution in [3.8, 4) is 0 Å². The SMILES string of the molecule is O=C(C(=O)c1ccc2c(c1)CCC2)c1ccccc1. The molecule has 0 aromatic heterocycles. The van der Waals surface area contributed by atoms with Gasteiger partial charge in [-0.3, -0.25) is 9.59 Å². The van der Waals surface area contributed by atoms with Crippen molar-refractivity contribution in [3.05, 3.63) is 70.8 Å². The summed E-state index contributed by atoms with van der Waals surface area (Å²) in [5.41, 5.74) is 3.48. The molecule has 0 spiro atoms. The van der Waals surface area contributed by atoms with Gasteiger partial charge in [-0.1, -0.05) is 42.5 Å². The highest BCUT2D eigenvalue weighted by molar-refractivity contribution is 6.49.